The zero-order chi connectivity index (χ0) is 12.8. The molecule has 0 bridgehead atoms. The maximum absolute atomic E-state index is 3.57. The molecule has 3 aliphatic rings. The van der Waals surface area contributed by atoms with Gasteiger partial charge in [0.1, 0.15) is 0 Å². The van der Waals surface area contributed by atoms with Crippen LogP contribution in [0.4, 0.5) is 0 Å². The monoisotopic (exact) mass is 340 g/mol. The number of fused-ring (bicyclic) bond motifs is 3. The third kappa shape index (κ3) is 2.41. The first-order chi connectivity index (χ1) is 9.29. The molecule has 4 heterocycles. The Kier molecular flexibility index (Phi) is 3.46. The van der Waals surface area contributed by atoms with Crippen molar-refractivity contribution in [2.45, 2.75) is 31.8 Å². The van der Waals surface area contributed by atoms with Gasteiger partial charge in [-0.1, -0.05) is 6.42 Å². The van der Waals surface area contributed by atoms with Crippen LogP contribution < -0.4 is 0 Å². The van der Waals surface area contributed by atoms with E-state index in [-0.39, 0.29) is 0 Å². The van der Waals surface area contributed by atoms with E-state index < -0.39 is 0 Å². The van der Waals surface area contributed by atoms with Crippen molar-refractivity contribution >= 4 is 27.3 Å². The number of hydrogen-bond donors (Lipinski definition) is 0. The Morgan fingerprint density at radius 1 is 1.21 bits per heavy atom. The molecule has 1 aromatic rings. The lowest BCUT2D eigenvalue weighted by atomic mass is 9.90. The van der Waals surface area contributed by atoms with Crippen LogP contribution in [0.15, 0.2) is 15.9 Å². The molecule has 2 nitrogen and oxygen atoms in total. The van der Waals surface area contributed by atoms with Gasteiger partial charge in [-0.05, 0) is 59.3 Å². The molecule has 3 aliphatic heterocycles. The van der Waals surface area contributed by atoms with Crippen molar-refractivity contribution in [1.82, 2.24) is 9.80 Å². The number of piperidine rings is 1. The fourth-order valence-electron chi connectivity index (χ4n) is 4.43. The fourth-order valence-corrected chi connectivity index (χ4v) is 5.96. The van der Waals surface area contributed by atoms with E-state index in [1.807, 2.05) is 11.3 Å². The van der Waals surface area contributed by atoms with Crippen molar-refractivity contribution in [2.75, 3.05) is 26.2 Å². The molecule has 104 valence electrons. The lowest BCUT2D eigenvalue weighted by molar-refractivity contribution is 0.152. The summed E-state index contributed by atoms with van der Waals surface area (Å²) >= 11 is 5.46. The summed E-state index contributed by atoms with van der Waals surface area (Å²) in [5.41, 5.74) is 0. The molecule has 0 saturated carbocycles. The van der Waals surface area contributed by atoms with E-state index in [4.69, 9.17) is 0 Å². The maximum Gasteiger partial charge on any atom is 0.0701 e. The minimum atomic E-state index is 0.916. The largest absolute Gasteiger partial charge is 0.300 e. The second-order valence-electron chi connectivity index (χ2n) is 6.38. The molecule has 0 aliphatic carbocycles. The van der Waals surface area contributed by atoms with Gasteiger partial charge in [-0.15, -0.1) is 11.3 Å². The Hall–Kier alpha value is 0.1000. The molecule has 4 heteroatoms. The molecule has 0 unspecified atom stereocenters. The minimum absolute atomic E-state index is 0.916. The summed E-state index contributed by atoms with van der Waals surface area (Å²) in [6, 6.07) is 5.37. The molecule has 0 aromatic carbocycles. The van der Waals surface area contributed by atoms with E-state index in [2.05, 4.69) is 37.9 Å². The van der Waals surface area contributed by atoms with Crippen molar-refractivity contribution in [2.24, 2.45) is 11.8 Å². The highest BCUT2D eigenvalue weighted by Crippen LogP contribution is 2.41. The first-order valence-electron chi connectivity index (χ1n) is 7.50. The normalized spacial score (nSPS) is 35.5. The average molecular weight is 341 g/mol. The molecule has 19 heavy (non-hydrogen) atoms. The number of halogens is 1. The van der Waals surface area contributed by atoms with Crippen LogP contribution in [0.3, 0.4) is 0 Å². The molecular formula is C15H21BrN2S. The van der Waals surface area contributed by atoms with E-state index in [1.54, 1.807) is 0 Å². The van der Waals surface area contributed by atoms with Crippen molar-refractivity contribution in [3.8, 4) is 0 Å². The summed E-state index contributed by atoms with van der Waals surface area (Å²) in [5.74, 6) is 1.91. The molecule has 0 N–H and O–H groups in total. The van der Waals surface area contributed by atoms with Crippen LogP contribution in [0.25, 0.3) is 0 Å². The zero-order valence-corrected chi connectivity index (χ0v) is 13.6. The van der Waals surface area contributed by atoms with Crippen LogP contribution in [0.1, 0.15) is 24.1 Å². The highest BCUT2D eigenvalue weighted by Gasteiger charge is 2.46. The van der Waals surface area contributed by atoms with Gasteiger partial charge in [-0.25, -0.2) is 0 Å². The minimum Gasteiger partial charge on any atom is -0.300 e. The van der Waals surface area contributed by atoms with Crippen molar-refractivity contribution in [1.29, 1.82) is 0 Å². The summed E-state index contributed by atoms with van der Waals surface area (Å²) in [5, 5.41) is 0. The van der Waals surface area contributed by atoms with E-state index >= 15 is 0 Å². The van der Waals surface area contributed by atoms with Gasteiger partial charge in [-0.2, -0.15) is 0 Å². The van der Waals surface area contributed by atoms with Crippen LogP contribution in [-0.4, -0.2) is 42.0 Å². The number of nitrogens with zero attached hydrogens (tertiary/aromatic N) is 2. The number of hydrogen-bond acceptors (Lipinski definition) is 3. The maximum atomic E-state index is 3.57. The molecule has 0 spiro atoms. The van der Waals surface area contributed by atoms with E-state index in [0.717, 1.165) is 24.4 Å². The lowest BCUT2D eigenvalue weighted by Crippen LogP contribution is -2.39. The van der Waals surface area contributed by atoms with Crippen molar-refractivity contribution in [3.63, 3.8) is 0 Å². The van der Waals surface area contributed by atoms with Crippen LogP contribution >= 0.6 is 27.3 Å². The van der Waals surface area contributed by atoms with Crippen LogP contribution in [0, 0.1) is 11.8 Å². The Morgan fingerprint density at radius 2 is 2.16 bits per heavy atom. The topological polar surface area (TPSA) is 6.48 Å². The van der Waals surface area contributed by atoms with Crippen LogP contribution in [-0.2, 0) is 6.54 Å². The predicted molar refractivity (Wildman–Crippen MR) is 83.5 cm³/mol. The zero-order valence-electron chi connectivity index (χ0n) is 11.2. The summed E-state index contributed by atoms with van der Waals surface area (Å²) in [6.07, 6.45) is 4.35. The second kappa shape index (κ2) is 5.14. The van der Waals surface area contributed by atoms with Crippen molar-refractivity contribution < 1.29 is 0 Å². The van der Waals surface area contributed by atoms with E-state index in [9.17, 15) is 0 Å². The van der Waals surface area contributed by atoms with Gasteiger partial charge >= 0.3 is 0 Å². The third-order valence-corrected chi connectivity index (χ3v) is 6.81. The Bertz CT molecular complexity index is 461. The highest BCUT2D eigenvalue weighted by atomic mass is 79.9. The Morgan fingerprint density at radius 3 is 3.00 bits per heavy atom. The average Bonchev–Trinajstić information content (AvgIpc) is 3.04. The van der Waals surface area contributed by atoms with Gasteiger partial charge in [0, 0.05) is 37.1 Å². The smallest absolute Gasteiger partial charge is 0.0701 e. The first kappa shape index (κ1) is 12.8. The fraction of sp³-hybridized carbons (Fsp3) is 0.733. The number of likely N-dealkylation sites (tertiary alicyclic amines) is 1. The van der Waals surface area contributed by atoms with Crippen LogP contribution in [0.5, 0.6) is 0 Å². The number of thiophene rings is 1. The van der Waals surface area contributed by atoms with Gasteiger partial charge in [-0.3, -0.25) is 9.80 Å². The summed E-state index contributed by atoms with van der Waals surface area (Å²) in [4.78, 5) is 6.99. The molecule has 0 amide bonds. The molecule has 0 radical (unpaired) electrons. The van der Waals surface area contributed by atoms with Gasteiger partial charge < -0.3 is 0 Å². The van der Waals surface area contributed by atoms with Gasteiger partial charge in [0.15, 0.2) is 0 Å². The Labute approximate surface area is 127 Å². The van der Waals surface area contributed by atoms with Crippen LogP contribution in [0.2, 0.25) is 0 Å². The highest BCUT2D eigenvalue weighted by molar-refractivity contribution is 9.11. The van der Waals surface area contributed by atoms with Gasteiger partial charge in [0.2, 0.25) is 0 Å². The molecule has 3 fully saturated rings. The molecule has 4 rings (SSSR count). The lowest BCUT2D eigenvalue weighted by Gasteiger charge is -2.33. The number of rotatable bonds is 2. The molecule has 1 aromatic heterocycles. The standard InChI is InChI=1S/C15H21BrN2S/c16-15-5-4-12(19-15)9-17-7-11-8-18-6-2-1-3-14(18)13(11)10-17/h4-5,11,13-14H,1-3,6-10H2/t11-,13+,14-/m1/s1. The SMILES string of the molecule is Brc1ccc(CN2C[C@@H]3CN4CCCC[C@@H]4[C@H]3C2)s1. The second-order valence-corrected chi connectivity index (χ2v) is 8.93. The quantitative estimate of drug-likeness (QED) is 0.813. The van der Waals surface area contributed by atoms with Crippen molar-refractivity contribution in [3.05, 3.63) is 20.8 Å². The Balaban J connectivity index is 1.41. The molecule has 3 saturated heterocycles. The summed E-state index contributed by atoms with van der Waals surface area (Å²) in [7, 11) is 0. The summed E-state index contributed by atoms with van der Waals surface area (Å²) < 4.78 is 1.26. The first-order valence-corrected chi connectivity index (χ1v) is 9.11. The van der Waals surface area contributed by atoms with Gasteiger partial charge in [0.05, 0.1) is 3.79 Å². The third-order valence-electron chi connectivity index (χ3n) is 5.20. The van der Waals surface area contributed by atoms with Gasteiger partial charge in [0.25, 0.3) is 0 Å². The predicted octanol–water partition coefficient (Wildman–Crippen LogP) is 3.43. The van der Waals surface area contributed by atoms with E-state index in [1.165, 1.54) is 54.1 Å². The summed E-state index contributed by atoms with van der Waals surface area (Å²) in [6.45, 7) is 6.57. The molecular weight excluding hydrogens is 320 g/mol. The molecule has 3 atom stereocenters. The van der Waals surface area contributed by atoms with E-state index in [0.29, 0.717) is 0 Å².